The van der Waals surface area contributed by atoms with E-state index in [0.717, 1.165) is 0 Å². The lowest BCUT2D eigenvalue weighted by atomic mass is 10.0. The molecule has 0 bridgehead atoms. The number of primary amides is 1. The summed E-state index contributed by atoms with van der Waals surface area (Å²) in [4.78, 5) is 26.7. The number of urea groups is 1. The van der Waals surface area contributed by atoms with Gasteiger partial charge in [-0.05, 0) is 43.3 Å². The molecule has 1 atom stereocenters. The summed E-state index contributed by atoms with van der Waals surface area (Å²) < 4.78 is 15.4. The van der Waals surface area contributed by atoms with Gasteiger partial charge in [0, 0.05) is 17.8 Å². The molecule has 3 amide bonds. The van der Waals surface area contributed by atoms with E-state index in [0.29, 0.717) is 34.7 Å². The maximum Gasteiger partial charge on any atom is 0.322 e. The molecule has 0 spiro atoms. The minimum absolute atomic E-state index is 0.118. The van der Waals surface area contributed by atoms with E-state index in [9.17, 15) is 14.0 Å². The molecule has 1 aliphatic rings. The highest BCUT2D eigenvalue weighted by molar-refractivity contribution is 6.00. The van der Waals surface area contributed by atoms with Gasteiger partial charge in [-0.25, -0.2) is 9.18 Å². The van der Waals surface area contributed by atoms with Crippen LogP contribution in [0.5, 0.6) is 0 Å². The average Bonchev–Trinajstić information content (AvgIpc) is 3.15. The van der Waals surface area contributed by atoms with Crippen LogP contribution >= 0.6 is 0 Å². The second-order valence-electron chi connectivity index (χ2n) is 7.34. The molecule has 8 nitrogen and oxygen atoms in total. The third-order valence-electron chi connectivity index (χ3n) is 5.15. The number of amides is 3. The number of fused-ring (bicyclic) bond motifs is 1. The van der Waals surface area contributed by atoms with Gasteiger partial charge in [0.25, 0.3) is 5.91 Å². The summed E-state index contributed by atoms with van der Waals surface area (Å²) in [7, 11) is 0. The zero-order chi connectivity index (χ0) is 22.1. The first-order chi connectivity index (χ1) is 14.9. The Hall–Kier alpha value is -4.19. The van der Waals surface area contributed by atoms with Crippen molar-refractivity contribution in [2.24, 2.45) is 5.73 Å². The second-order valence-corrected chi connectivity index (χ2v) is 7.34. The fraction of sp³-hybridized carbons (Fsp3) is 0.182. The van der Waals surface area contributed by atoms with Gasteiger partial charge in [-0.3, -0.25) is 9.48 Å². The van der Waals surface area contributed by atoms with E-state index < -0.39 is 11.7 Å². The largest absolute Gasteiger partial charge is 0.365 e. The van der Waals surface area contributed by atoms with Crippen LogP contribution in [0.4, 0.5) is 14.9 Å². The molecule has 9 heteroatoms. The third kappa shape index (κ3) is 3.83. The highest BCUT2D eigenvalue weighted by atomic mass is 19.1. The Bertz CT molecular complexity index is 1210. The van der Waals surface area contributed by atoms with Crippen LogP contribution in [0.25, 0.3) is 11.3 Å². The summed E-state index contributed by atoms with van der Waals surface area (Å²) in [6.07, 6.45) is 0. The van der Waals surface area contributed by atoms with Crippen molar-refractivity contribution >= 4 is 17.6 Å². The van der Waals surface area contributed by atoms with E-state index in [2.05, 4.69) is 10.4 Å². The number of nitriles is 1. The molecule has 1 aromatic heterocycles. The highest BCUT2D eigenvalue weighted by Crippen LogP contribution is 2.31. The van der Waals surface area contributed by atoms with Crippen LogP contribution in [-0.2, 0) is 6.54 Å². The quantitative estimate of drug-likeness (QED) is 0.679. The van der Waals surface area contributed by atoms with Crippen molar-refractivity contribution in [3.05, 3.63) is 71.2 Å². The Balaban J connectivity index is 1.65. The van der Waals surface area contributed by atoms with Crippen molar-refractivity contribution in [1.29, 1.82) is 5.26 Å². The summed E-state index contributed by atoms with van der Waals surface area (Å²) in [6, 6.07) is 13.7. The standard InChI is InChI=1S/C22H19FN6O2/c1-13-11-28(22(31)26-17-7-5-14(10-24)6-8-17)12-18-19(21(25)30)20(27-29(13)18)15-3-2-4-16(23)9-15/h2-9,13H,11-12H2,1H3,(H2,25,30)(H,26,31)/t13-/m0/s1. The summed E-state index contributed by atoms with van der Waals surface area (Å²) in [5.74, 6) is -1.14. The molecule has 2 aromatic carbocycles. The minimum atomic E-state index is -0.693. The minimum Gasteiger partial charge on any atom is -0.365 e. The average molecular weight is 418 g/mol. The number of nitrogens with one attached hydrogen (secondary N) is 1. The maximum atomic E-state index is 13.7. The van der Waals surface area contributed by atoms with Crippen molar-refractivity contribution in [3.63, 3.8) is 0 Å². The van der Waals surface area contributed by atoms with Crippen molar-refractivity contribution in [1.82, 2.24) is 14.7 Å². The van der Waals surface area contributed by atoms with Crippen LogP contribution in [0.1, 0.15) is 34.6 Å². The van der Waals surface area contributed by atoms with Crippen molar-refractivity contribution < 1.29 is 14.0 Å². The number of hydrogen-bond acceptors (Lipinski definition) is 4. The molecular weight excluding hydrogens is 399 g/mol. The number of hydrogen-bond donors (Lipinski definition) is 2. The Morgan fingerprint density at radius 1 is 1.26 bits per heavy atom. The van der Waals surface area contributed by atoms with E-state index in [1.54, 1.807) is 39.9 Å². The number of benzene rings is 2. The molecule has 0 fully saturated rings. The Morgan fingerprint density at radius 2 is 2.00 bits per heavy atom. The lowest BCUT2D eigenvalue weighted by Gasteiger charge is -2.32. The van der Waals surface area contributed by atoms with Crippen LogP contribution in [0.15, 0.2) is 48.5 Å². The van der Waals surface area contributed by atoms with E-state index in [1.165, 1.54) is 18.2 Å². The van der Waals surface area contributed by atoms with E-state index in [4.69, 9.17) is 11.0 Å². The van der Waals surface area contributed by atoms with Gasteiger partial charge in [0.2, 0.25) is 0 Å². The summed E-state index contributed by atoms with van der Waals surface area (Å²) in [5, 5.41) is 16.2. The topological polar surface area (TPSA) is 117 Å². The number of halogens is 1. The molecule has 1 aliphatic heterocycles. The molecule has 0 unspecified atom stereocenters. The molecule has 0 saturated heterocycles. The normalized spacial score (nSPS) is 15.1. The number of nitrogens with zero attached hydrogens (tertiary/aromatic N) is 4. The van der Waals surface area contributed by atoms with E-state index in [1.807, 2.05) is 13.0 Å². The Kier molecular flexibility index (Phi) is 5.13. The fourth-order valence-corrected chi connectivity index (χ4v) is 3.71. The second kappa shape index (κ2) is 7.91. The van der Waals surface area contributed by atoms with Gasteiger partial charge in [-0.1, -0.05) is 12.1 Å². The first-order valence-corrected chi connectivity index (χ1v) is 9.60. The first kappa shape index (κ1) is 20.1. The Morgan fingerprint density at radius 3 is 2.65 bits per heavy atom. The van der Waals surface area contributed by atoms with Gasteiger partial charge in [0.15, 0.2) is 0 Å². The van der Waals surface area contributed by atoms with Gasteiger partial charge in [0.05, 0.1) is 35.5 Å². The van der Waals surface area contributed by atoms with Gasteiger partial charge >= 0.3 is 6.03 Å². The number of aromatic nitrogens is 2. The monoisotopic (exact) mass is 418 g/mol. The molecule has 3 N–H and O–H groups in total. The molecule has 0 aliphatic carbocycles. The van der Waals surface area contributed by atoms with Crippen molar-refractivity contribution in [2.45, 2.75) is 19.5 Å². The number of anilines is 1. The first-order valence-electron chi connectivity index (χ1n) is 9.60. The number of nitrogens with two attached hydrogens (primary N) is 1. The highest BCUT2D eigenvalue weighted by Gasteiger charge is 2.33. The summed E-state index contributed by atoms with van der Waals surface area (Å²) in [5.41, 5.74) is 8.09. The lowest BCUT2D eigenvalue weighted by molar-refractivity contribution is 0.0997. The number of carbonyl (C=O) groups is 2. The van der Waals surface area contributed by atoms with Gasteiger partial charge in [0.1, 0.15) is 11.5 Å². The molecule has 31 heavy (non-hydrogen) atoms. The van der Waals surface area contributed by atoms with Gasteiger partial charge in [-0.2, -0.15) is 10.4 Å². The third-order valence-corrected chi connectivity index (χ3v) is 5.15. The van der Waals surface area contributed by atoms with Crippen LogP contribution in [0.3, 0.4) is 0 Å². The smallest absolute Gasteiger partial charge is 0.322 e. The molecule has 0 radical (unpaired) electrons. The van der Waals surface area contributed by atoms with Crippen LogP contribution in [0.2, 0.25) is 0 Å². The lowest BCUT2D eigenvalue weighted by Crippen LogP contribution is -2.43. The summed E-state index contributed by atoms with van der Waals surface area (Å²) in [6.45, 7) is 2.35. The maximum absolute atomic E-state index is 13.7. The molecular formula is C22H19FN6O2. The Labute approximate surface area is 177 Å². The van der Waals surface area contributed by atoms with Gasteiger partial charge < -0.3 is 16.0 Å². The van der Waals surface area contributed by atoms with Gasteiger partial charge in [-0.15, -0.1) is 0 Å². The fourth-order valence-electron chi connectivity index (χ4n) is 3.71. The molecule has 4 rings (SSSR count). The predicted octanol–water partition coefficient (Wildman–Crippen LogP) is 3.27. The molecule has 3 aromatic rings. The SMILES string of the molecule is C[C@H]1CN(C(=O)Nc2ccc(C#N)cc2)Cc2c(C(N)=O)c(-c3cccc(F)c3)nn21. The number of rotatable bonds is 3. The van der Waals surface area contributed by atoms with Crippen molar-refractivity contribution in [2.75, 3.05) is 11.9 Å². The summed E-state index contributed by atoms with van der Waals surface area (Å²) >= 11 is 0. The van der Waals surface area contributed by atoms with Crippen LogP contribution < -0.4 is 11.1 Å². The zero-order valence-electron chi connectivity index (χ0n) is 16.7. The molecule has 2 heterocycles. The van der Waals surface area contributed by atoms with E-state index >= 15 is 0 Å². The number of carbonyl (C=O) groups excluding carboxylic acids is 2. The van der Waals surface area contributed by atoms with E-state index in [-0.39, 0.29) is 24.2 Å². The molecule has 156 valence electrons. The molecule has 0 saturated carbocycles. The van der Waals surface area contributed by atoms with Crippen molar-refractivity contribution in [3.8, 4) is 17.3 Å². The van der Waals surface area contributed by atoms with Crippen LogP contribution in [-0.4, -0.2) is 33.2 Å². The zero-order valence-corrected chi connectivity index (χ0v) is 16.7. The predicted molar refractivity (Wildman–Crippen MR) is 111 cm³/mol. The van der Waals surface area contributed by atoms with Crippen LogP contribution in [0, 0.1) is 17.1 Å².